The summed E-state index contributed by atoms with van der Waals surface area (Å²) < 4.78 is 15.1. The zero-order chi connectivity index (χ0) is 21.8. The average Bonchev–Trinajstić information content (AvgIpc) is 3.14. The van der Waals surface area contributed by atoms with Crippen LogP contribution in [0.4, 0.5) is 10.1 Å². The van der Waals surface area contributed by atoms with E-state index < -0.39 is 6.04 Å². The number of fused-ring (bicyclic) bond motifs is 1. The number of amides is 1. The van der Waals surface area contributed by atoms with Gasteiger partial charge in [-0.05, 0) is 55.3 Å². The van der Waals surface area contributed by atoms with E-state index in [1.807, 2.05) is 54.8 Å². The first kappa shape index (κ1) is 21.1. The number of aromatic nitrogens is 3. The Balaban J connectivity index is 1.64. The summed E-state index contributed by atoms with van der Waals surface area (Å²) in [5.74, 6) is 0.239. The van der Waals surface area contributed by atoms with Crippen molar-refractivity contribution in [2.75, 3.05) is 5.32 Å². The van der Waals surface area contributed by atoms with E-state index in [9.17, 15) is 9.18 Å². The number of pyridine rings is 1. The normalized spacial score (nSPS) is 12.1. The number of anilines is 1. The van der Waals surface area contributed by atoms with Gasteiger partial charge < -0.3 is 5.32 Å². The Morgan fingerprint density at radius 3 is 2.58 bits per heavy atom. The third kappa shape index (κ3) is 4.77. The maximum atomic E-state index is 13.2. The molecule has 158 valence electrons. The summed E-state index contributed by atoms with van der Waals surface area (Å²) in [6.45, 7) is 3.98. The third-order valence-corrected chi connectivity index (χ3v) is 6.04. The van der Waals surface area contributed by atoms with Gasteiger partial charge in [0.1, 0.15) is 17.4 Å². The lowest BCUT2D eigenvalue weighted by Crippen LogP contribution is -2.26. The van der Waals surface area contributed by atoms with Crippen LogP contribution in [-0.2, 0) is 10.5 Å². The van der Waals surface area contributed by atoms with Crippen LogP contribution in [0.15, 0.2) is 72.0 Å². The summed E-state index contributed by atoms with van der Waals surface area (Å²) in [4.78, 5) is 22.4. The number of hydrogen-bond donors (Lipinski definition) is 1. The molecule has 2 aromatic carbocycles. The van der Waals surface area contributed by atoms with Gasteiger partial charge in [-0.25, -0.2) is 14.4 Å². The molecule has 0 radical (unpaired) electrons. The second-order valence-electron chi connectivity index (χ2n) is 7.30. The first-order chi connectivity index (χ1) is 15.0. The van der Waals surface area contributed by atoms with E-state index in [-0.39, 0.29) is 11.7 Å². The summed E-state index contributed by atoms with van der Waals surface area (Å²) in [5.41, 5.74) is 4.29. The average molecular weight is 435 g/mol. The van der Waals surface area contributed by atoms with Crippen LogP contribution in [0.2, 0.25) is 0 Å². The fourth-order valence-corrected chi connectivity index (χ4v) is 4.37. The molecule has 0 unspecified atom stereocenters. The Bertz CT molecular complexity index is 1190. The van der Waals surface area contributed by atoms with Gasteiger partial charge in [0.15, 0.2) is 10.8 Å². The van der Waals surface area contributed by atoms with Crippen molar-refractivity contribution in [3.05, 3.63) is 83.8 Å². The monoisotopic (exact) mass is 434 g/mol. The van der Waals surface area contributed by atoms with Gasteiger partial charge in [-0.3, -0.25) is 9.36 Å². The first-order valence-corrected chi connectivity index (χ1v) is 11.1. The van der Waals surface area contributed by atoms with Crippen molar-refractivity contribution in [1.29, 1.82) is 0 Å². The Labute approximate surface area is 184 Å². The van der Waals surface area contributed by atoms with Gasteiger partial charge in [0.2, 0.25) is 5.91 Å². The Morgan fingerprint density at radius 1 is 1.13 bits per heavy atom. The molecule has 0 aliphatic rings. The number of hydrogen-bond acceptors (Lipinski definition) is 4. The van der Waals surface area contributed by atoms with E-state index in [0.29, 0.717) is 23.0 Å². The minimum absolute atomic E-state index is 0.111. The highest BCUT2D eigenvalue weighted by Crippen LogP contribution is 2.31. The predicted molar refractivity (Wildman–Crippen MR) is 123 cm³/mol. The number of carbonyl (C=O) groups is 1. The third-order valence-electron chi connectivity index (χ3n) is 5.02. The first-order valence-electron chi connectivity index (χ1n) is 10.1. The van der Waals surface area contributed by atoms with Crippen LogP contribution in [0.25, 0.3) is 11.2 Å². The zero-order valence-electron chi connectivity index (χ0n) is 17.4. The van der Waals surface area contributed by atoms with Gasteiger partial charge in [-0.15, -0.1) is 0 Å². The van der Waals surface area contributed by atoms with Gasteiger partial charge in [-0.2, -0.15) is 0 Å². The van der Waals surface area contributed by atoms with E-state index >= 15 is 0 Å². The van der Waals surface area contributed by atoms with Crippen LogP contribution in [0.3, 0.4) is 0 Å². The largest absolute Gasteiger partial charge is 0.324 e. The van der Waals surface area contributed by atoms with Crippen LogP contribution < -0.4 is 5.32 Å². The minimum atomic E-state index is -0.461. The van der Waals surface area contributed by atoms with E-state index in [1.165, 1.54) is 23.9 Å². The summed E-state index contributed by atoms with van der Waals surface area (Å²) in [7, 11) is 0. The smallest absolute Gasteiger partial charge is 0.247 e. The fraction of sp³-hybridized carbons (Fsp3) is 0.208. The quantitative estimate of drug-likeness (QED) is 0.376. The maximum Gasteiger partial charge on any atom is 0.247 e. The lowest BCUT2D eigenvalue weighted by Gasteiger charge is -2.19. The van der Waals surface area contributed by atoms with Crippen molar-refractivity contribution in [1.82, 2.24) is 14.5 Å². The molecule has 2 aromatic heterocycles. The number of benzene rings is 2. The molecule has 1 atom stereocenters. The van der Waals surface area contributed by atoms with Gasteiger partial charge >= 0.3 is 0 Å². The minimum Gasteiger partial charge on any atom is -0.324 e. The molecule has 0 saturated heterocycles. The number of carbonyl (C=O) groups excluding carboxylic acids is 1. The summed E-state index contributed by atoms with van der Waals surface area (Å²) in [5, 5.41) is 3.73. The highest BCUT2D eigenvalue weighted by atomic mass is 32.2. The molecule has 0 spiro atoms. The zero-order valence-corrected chi connectivity index (χ0v) is 18.2. The molecule has 2 heterocycles. The molecule has 0 fully saturated rings. The maximum absolute atomic E-state index is 13.2. The van der Waals surface area contributed by atoms with Crippen LogP contribution in [-0.4, -0.2) is 20.4 Å². The molecule has 1 N–H and O–H groups in total. The molecule has 0 aliphatic heterocycles. The second kappa shape index (κ2) is 9.31. The number of aryl methyl sites for hydroxylation is 1. The SMILES string of the molecule is CC[C@H](C(=O)Nc1ccc(C)cc1)n1c(SCc2ccc(F)cc2)nc2cccnc21. The van der Waals surface area contributed by atoms with Gasteiger partial charge in [0, 0.05) is 17.6 Å². The van der Waals surface area contributed by atoms with Crippen molar-refractivity contribution >= 4 is 34.5 Å². The van der Waals surface area contributed by atoms with E-state index in [0.717, 1.165) is 22.3 Å². The van der Waals surface area contributed by atoms with Crippen molar-refractivity contribution in [3.63, 3.8) is 0 Å². The Morgan fingerprint density at radius 2 is 1.87 bits per heavy atom. The van der Waals surface area contributed by atoms with Crippen LogP contribution in [0.1, 0.15) is 30.5 Å². The van der Waals surface area contributed by atoms with Crippen molar-refractivity contribution in [2.45, 2.75) is 37.2 Å². The fourth-order valence-electron chi connectivity index (χ4n) is 3.37. The van der Waals surface area contributed by atoms with E-state index in [4.69, 9.17) is 4.98 Å². The Kier molecular flexibility index (Phi) is 6.32. The molecule has 7 heteroatoms. The Hall–Kier alpha value is -3.19. The van der Waals surface area contributed by atoms with Gasteiger partial charge in [-0.1, -0.05) is 48.5 Å². The molecule has 1 amide bonds. The number of nitrogens with one attached hydrogen (secondary N) is 1. The summed E-state index contributed by atoms with van der Waals surface area (Å²) in [6, 6.07) is 17.4. The summed E-state index contributed by atoms with van der Waals surface area (Å²) >= 11 is 1.51. The van der Waals surface area contributed by atoms with E-state index in [2.05, 4.69) is 10.3 Å². The van der Waals surface area contributed by atoms with Crippen molar-refractivity contribution in [3.8, 4) is 0 Å². The van der Waals surface area contributed by atoms with Gasteiger partial charge in [0.05, 0.1) is 0 Å². The molecule has 0 bridgehead atoms. The molecular weight excluding hydrogens is 411 g/mol. The van der Waals surface area contributed by atoms with Gasteiger partial charge in [0.25, 0.3) is 0 Å². The lowest BCUT2D eigenvalue weighted by atomic mass is 10.2. The predicted octanol–water partition coefficient (Wildman–Crippen LogP) is 5.76. The molecule has 31 heavy (non-hydrogen) atoms. The molecule has 4 rings (SSSR count). The second-order valence-corrected chi connectivity index (χ2v) is 8.25. The van der Waals surface area contributed by atoms with E-state index in [1.54, 1.807) is 18.3 Å². The molecule has 5 nitrogen and oxygen atoms in total. The standard InChI is InChI=1S/C24H23FN4OS/c1-3-21(23(30)27-19-12-6-16(2)7-13-19)29-22-20(5-4-14-26-22)28-24(29)31-15-17-8-10-18(25)11-9-17/h4-14,21H,3,15H2,1-2H3,(H,27,30)/t21-/m1/s1. The van der Waals surface area contributed by atoms with Crippen LogP contribution >= 0.6 is 11.8 Å². The molecular formula is C24H23FN4OS. The number of imidazole rings is 1. The molecule has 4 aromatic rings. The molecule has 0 saturated carbocycles. The van der Waals surface area contributed by atoms with Crippen molar-refractivity contribution < 1.29 is 9.18 Å². The topological polar surface area (TPSA) is 59.8 Å². The van der Waals surface area contributed by atoms with Crippen molar-refractivity contribution in [2.24, 2.45) is 0 Å². The number of thioether (sulfide) groups is 1. The number of rotatable bonds is 7. The highest BCUT2D eigenvalue weighted by Gasteiger charge is 2.25. The number of halogens is 1. The number of nitrogens with zero attached hydrogens (tertiary/aromatic N) is 3. The summed E-state index contributed by atoms with van der Waals surface area (Å²) in [6.07, 6.45) is 2.30. The lowest BCUT2D eigenvalue weighted by molar-refractivity contribution is -0.119. The van der Waals surface area contributed by atoms with Crippen LogP contribution in [0.5, 0.6) is 0 Å². The highest BCUT2D eigenvalue weighted by molar-refractivity contribution is 7.98. The molecule has 0 aliphatic carbocycles. The van der Waals surface area contributed by atoms with Crippen LogP contribution in [0, 0.1) is 12.7 Å².